The highest BCUT2D eigenvalue weighted by atomic mass is 79.9. The maximum atomic E-state index is 10.8. The van der Waals surface area contributed by atoms with Gasteiger partial charge >= 0.3 is 0 Å². The summed E-state index contributed by atoms with van der Waals surface area (Å²) in [5, 5.41) is 19.6. The largest absolute Gasteiger partial charge is 0.455 e. The fourth-order valence-corrected chi connectivity index (χ4v) is 1.75. The van der Waals surface area contributed by atoms with Crippen molar-refractivity contribution in [2.45, 2.75) is 0 Å². The number of nitriles is 1. The van der Waals surface area contributed by atoms with Crippen molar-refractivity contribution in [3.63, 3.8) is 0 Å². The number of rotatable bonds is 3. The number of nitro benzene ring substituents is 1. The van der Waals surface area contributed by atoms with Crippen molar-refractivity contribution < 1.29 is 9.66 Å². The summed E-state index contributed by atoms with van der Waals surface area (Å²) < 4.78 is 6.17. The molecule has 0 saturated heterocycles. The van der Waals surface area contributed by atoms with Gasteiger partial charge < -0.3 is 4.74 Å². The molecule has 2 rings (SSSR count). The molecule has 0 fully saturated rings. The number of nitro groups is 1. The molecule has 0 spiro atoms. The van der Waals surface area contributed by atoms with Gasteiger partial charge in [-0.15, -0.1) is 0 Å². The Labute approximate surface area is 116 Å². The summed E-state index contributed by atoms with van der Waals surface area (Å²) in [6.45, 7) is 0. The summed E-state index contributed by atoms with van der Waals surface area (Å²) in [4.78, 5) is 14.1. The molecule has 6 nitrogen and oxygen atoms in total. The van der Waals surface area contributed by atoms with E-state index in [0.717, 1.165) is 4.47 Å². The third-order valence-electron chi connectivity index (χ3n) is 2.20. The van der Waals surface area contributed by atoms with Crippen molar-refractivity contribution in [1.29, 1.82) is 5.26 Å². The van der Waals surface area contributed by atoms with E-state index in [1.54, 1.807) is 18.3 Å². The van der Waals surface area contributed by atoms with Gasteiger partial charge in [0.25, 0.3) is 5.69 Å². The quantitative estimate of drug-likeness (QED) is 0.638. The van der Waals surface area contributed by atoms with Crippen LogP contribution in [-0.4, -0.2) is 9.91 Å². The summed E-state index contributed by atoms with van der Waals surface area (Å²) in [6.07, 6.45) is 3.07. The summed E-state index contributed by atoms with van der Waals surface area (Å²) in [7, 11) is 0. The van der Waals surface area contributed by atoms with Crippen molar-refractivity contribution in [3.8, 4) is 17.6 Å². The molecule has 1 aromatic carbocycles. The van der Waals surface area contributed by atoms with Gasteiger partial charge in [-0.2, -0.15) is 5.26 Å². The lowest BCUT2D eigenvalue weighted by Gasteiger charge is -2.05. The van der Waals surface area contributed by atoms with E-state index in [0.29, 0.717) is 5.75 Å². The van der Waals surface area contributed by atoms with Crippen molar-refractivity contribution in [2.24, 2.45) is 0 Å². The number of halogens is 1. The van der Waals surface area contributed by atoms with Crippen LogP contribution in [0, 0.1) is 21.4 Å². The highest BCUT2D eigenvalue weighted by Gasteiger charge is 2.15. The minimum atomic E-state index is -0.620. The molecule has 0 aliphatic carbocycles. The van der Waals surface area contributed by atoms with Gasteiger partial charge in [-0.05, 0) is 34.1 Å². The Balaban J connectivity index is 2.34. The summed E-state index contributed by atoms with van der Waals surface area (Å²) in [5.74, 6) is 0.707. The first-order chi connectivity index (χ1) is 9.10. The number of aromatic nitrogens is 1. The zero-order valence-corrected chi connectivity index (χ0v) is 11.0. The van der Waals surface area contributed by atoms with E-state index in [1.807, 2.05) is 0 Å². The van der Waals surface area contributed by atoms with Crippen molar-refractivity contribution in [1.82, 2.24) is 4.98 Å². The standard InChI is InChI=1S/C12H6BrN3O3/c13-9-3-11(7-15-6-9)19-10-2-1-8(5-14)12(4-10)16(17)18/h1-4,6-7H. The van der Waals surface area contributed by atoms with E-state index in [4.69, 9.17) is 10.00 Å². The molecule has 0 atom stereocenters. The highest BCUT2D eigenvalue weighted by Crippen LogP contribution is 2.28. The van der Waals surface area contributed by atoms with Crippen LogP contribution in [0.3, 0.4) is 0 Å². The third-order valence-corrected chi connectivity index (χ3v) is 2.64. The smallest absolute Gasteiger partial charge is 0.290 e. The molecule has 7 heteroatoms. The minimum Gasteiger partial charge on any atom is -0.455 e. The Morgan fingerprint density at radius 2 is 2.11 bits per heavy atom. The Bertz CT molecular complexity index is 682. The van der Waals surface area contributed by atoms with E-state index in [-0.39, 0.29) is 17.0 Å². The molecule has 0 N–H and O–H groups in total. The molecule has 2 aromatic rings. The molecular weight excluding hydrogens is 314 g/mol. The van der Waals surface area contributed by atoms with Gasteiger partial charge in [0.2, 0.25) is 0 Å². The lowest BCUT2D eigenvalue weighted by molar-refractivity contribution is -0.385. The van der Waals surface area contributed by atoms with E-state index >= 15 is 0 Å². The van der Waals surface area contributed by atoms with E-state index in [2.05, 4.69) is 20.9 Å². The number of pyridine rings is 1. The van der Waals surface area contributed by atoms with E-state index in [1.165, 1.54) is 24.4 Å². The second kappa shape index (κ2) is 5.46. The van der Waals surface area contributed by atoms with Gasteiger partial charge in [0.15, 0.2) is 0 Å². The molecule has 1 heterocycles. The summed E-state index contributed by atoms with van der Waals surface area (Å²) in [6, 6.07) is 7.48. The normalized spacial score (nSPS) is 9.68. The Morgan fingerprint density at radius 1 is 1.32 bits per heavy atom. The molecule has 0 radical (unpaired) electrons. The maximum Gasteiger partial charge on any atom is 0.290 e. The molecule has 94 valence electrons. The first-order valence-electron chi connectivity index (χ1n) is 5.07. The highest BCUT2D eigenvalue weighted by molar-refractivity contribution is 9.10. The van der Waals surface area contributed by atoms with Crippen LogP contribution >= 0.6 is 15.9 Å². The molecular formula is C12H6BrN3O3. The van der Waals surface area contributed by atoms with Crippen LogP contribution in [0.4, 0.5) is 5.69 Å². The van der Waals surface area contributed by atoms with Gasteiger partial charge in [0.05, 0.1) is 17.2 Å². The number of benzene rings is 1. The summed E-state index contributed by atoms with van der Waals surface area (Å²) in [5.41, 5.74) is -0.298. The van der Waals surface area contributed by atoms with Gasteiger partial charge in [0, 0.05) is 10.7 Å². The first kappa shape index (κ1) is 13.0. The number of hydrogen-bond acceptors (Lipinski definition) is 5. The molecule has 0 aliphatic rings. The second-order valence-corrected chi connectivity index (χ2v) is 4.40. The van der Waals surface area contributed by atoms with Crippen molar-refractivity contribution >= 4 is 21.6 Å². The lowest BCUT2D eigenvalue weighted by Crippen LogP contribution is -1.93. The van der Waals surface area contributed by atoms with Crippen LogP contribution in [0.25, 0.3) is 0 Å². The predicted molar refractivity (Wildman–Crippen MR) is 69.8 cm³/mol. The van der Waals surface area contributed by atoms with Crippen LogP contribution in [0.5, 0.6) is 11.5 Å². The Kier molecular flexibility index (Phi) is 3.73. The minimum absolute atomic E-state index is 0.00952. The number of ether oxygens (including phenoxy) is 1. The van der Waals surface area contributed by atoms with Crippen LogP contribution in [0.15, 0.2) is 41.1 Å². The van der Waals surface area contributed by atoms with Crippen LogP contribution in [0.1, 0.15) is 5.56 Å². The molecule has 0 saturated carbocycles. The molecule has 0 aliphatic heterocycles. The number of nitrogens with zero attached hydrogens (tertiary/aromatic N) is 3. The molecule has 0 bridgehead atoms. The monoisotopic (exact) mass is 319 g/mol. The van der Waals surface area contributed by atoms with Crippen molar-refractivity contribution in [3.05, 3.63) is 56.8 Å². The fourth-order valence-electron chi connectivity index (χ4n) is 1.40. The van der Waals surface area contributed by atoms with Gasteiger partial charge in [-0.25, -0.2) is 0 Å². The lowest BCUT2D eigenvalue weighted by atomic mass is 10.2. The maximum absolute atomic E-state index is 10.8. The molecule has 1 aromatic heterocycles. The zero-order valence-electron chi connectivity index (χ0n) is 9.41. The molecule has 19 heavy (non-hydrogen) atoms. The van der Waals surface area contributed by atoms with E-state index in [9.17, 15) is 10.1 Å². The topological polar surface area (TPSA) is 89.0 Å². The van der Waals surface area contributed by atoms with Gasteiger partial charge in [-0.3, -0.25) is 15.1 Å². The van der Waals surface area contributed by atoms with E-state index < -0.39 is 4.92 Å². The SMILES string of the molecule is N#Cc1ccc(Oc2cncc(Br)c2)cc1[N+](=O)[O-]. The Morgan fingerprint density at radius 3 is 2.74 bits per heavy atom. The van der Waals surface area contributed by atoms with Crippen LogP contribution in [-0.2, 0) is 0 Å². The van der Waals surface area contributed by atoms with Gasteiger partial charge in [0.1, 0.15) is 23.1 Å². The van der Waals surface area contributed by atoms with Crippen LogP contribution < -0.4 is 4.74 Å². The summed E-state index contributed by atoms with van der Waals surface area (Å²) >= 11 is 3.24. The molecule has 0 unspecified atom stereocenters. The number of hydrogen-bond donors (Lipinski definition) is 0. The van der Waals surface area contributed by atoms with Crippen molar-refractivity contribution in [2.75, 3.05) is 0 Å². The Hall–Kier alpha value is -2.46. The first-order valence-corrected chi connectivity index (χ1v) is 5.86. The zero-order chi connectivity index (χ0) is 13.8. The predicted octanol–water partition coefficient (Wildman–Crippen LogP) is 3.42. The average Bonchev–Trinajstić information content (AvgIpc) is 2.38. The third kappa shape index (κ3) is 3.05. The van der Waals surface area contributed by atoms with Gasteiger partial charge in [-0.1, -0.05) is 0 Å². The van der Waals surface area contributed by atoms with Crippen LogP contribution in [0.2, 0.25) is 0 Å². The molecule has 0 amide bonds. The second-order valence-electron chi connectivity index (χ2n) is 3.49. The fraction of sp³-hybridized carbons (Fsp3) is 0. The average molecular weight is 320 g/mol.